The number of aryl methyl sites for hydroxylation is 1. The minimum atomic E-state index is 0.339. The number of rotatable bonds is 5. The van der Waals surface area contributed by atoms with Crippen LogP contribution in [-0.4, -0.2) is 16.0 Å². The molecule has 0 unspecified atom stereocenters. The highest BCUT2D eigenvalue weighted by molar-refractivity contribution is 9.10. The molecule has 0 atom stereocenters. The molecular formula is C15H15BrClN3O. The van der Waals surface area contributed by atoms with Gasteiger partial charge in [-0.25, -0.2) is 4.98 Å². The largest absolute Gasteiger partial charge is 0.423 e. The number of benzene rings is 1. The molecule has 0 amide bonds. The number of hydrogen-bond acceptors (Lipinski definition) is 4. The van der Waals surface area contributed by atoms with Gasteiger partial charge in [0.2, 0.25) is 0 Å². The lowest BCUT2D eigenvalue weighted by atomic mass is 10.2. The van der Waals surface area contributed by atoms with E-state index in [1.807, 2.05) is 13.1 Å². The van der Waals surface area contributed by atoms with Gasteiger partial charge >= 0.3 is 6.01 Å². The Morgan fingerprint density at radius 2 is 2.24 bits per heavy atom. The number of aromatic nitrogens is 2. The van der Waals surface area contributed by atoms with E-state index in [0.29, 0.717) is 22.8 Å². The average Bonchev–Trinajstić information content (AvgIpc) is 3.25. The van der Waals surface area contributed by atoms with Crippen molar-refractivity contribution in [3.05, 3.63) is 45.1 Å². The van der Waals surface area contributed by atoms with Crippen LogP contribution in [0.25, 0.3) is 0 Å². The Morgan fingerprint density at radius 1 is 1.43 bits per heavy atom. The third kappa shape index (κ3) is 3.93. The second-order valence-electron chi connectivity index (χ2n) is 5.10. The van der Waals surface area contributed by atoms with E-state index in [4.69, 9.17) is 16.3 Å². The van der Waals surface area contributed by atoms with E-state index >= 15 is 0 Å². The van der Waals surface area contributed by atoms with Crippen LogP contribution < -0.4 is 10.1 Å². The van der Waals surface area contributed by atoms with Crippen LogP contribution >= 0.6 is 27.5 Å². The lowest BCUT2D eigenvalue weighted by Gasteiger charge is -2.09. The minimum Gasteiger partial charge on any atom is -0.423 e. The Labute approximate surface area is 137 Å². The molecule has 1 aromatic heterocycles. The molecule has 0 bridgehead atoms. The van der Waals surface area contributed by atoms with Gasteiger partial charge < -0.3 is 10.1 Å². The van der Waals surface area contributed by atoms with Crippen LogP contribution in [0.15, 0.2) is 28.9 Å². The molecule has 0 saturated heterocycles. The van der Waals surface area contributed by atoms with E-state index in [2.05, 4.69) is 31.2 Å². The molecule has 0 spiro atoms. The molecule has 2 aromatic rings. The highest BCUT2D eigenvalue weighted by Crippen LogP contribution is 2.30. The average molecular weight is 369 g/mol. The smallest absolute Gasteiger partial charge is 0.322 e. The first-order chi connectivity index (χ1) is 10.1. The van der Waals surface area contributed by atoms with Crippen molar-refractivity contribution in [3.63, 3.8) is 0 Å². The molecule has 6 heteroatoms. The first-order valence-corrected chi connectivity index (χ1v) is 7.98. The van der Waals surface area contributed by atoms with Crippen LogP contribution in [-0.2, 0) is 6.54 Å². The molecular weight excluding hydrogens is 354 g/mol. The van der Waals surface area contributed by atoms with Gasteiger partial charge in [-0.15, -0.1) is 0 Å². The van der Waals surface area contributed by atoms with Crippen molar-refractivity contribution in [1.29, 1.82) is 0 Å². The maximum absolute atomic E-state index is 5.91. The summed E-state index contributed by atoms with van der Waals surface area (Å²) in [6, 6.07) is 6.34. The predicted molar refractivity (Wildman–Crippen MR) is 85.9 cm³/mol. The molecule has 0 aliphatic heterocycles. The predicted octanol–water partition coefficient (Wildman–Crippen LogP) is 4.25. The van der Waals surface area contributed by atoms with Crippen molar-refractivity contribution < 1.29 is 4.74 Å². The Bertz CT molecular complexity index is 661. The number of halogens is 2. The van der Waals surface area contributed by atoms with Gasteiger partial charge in [0, 0.05) is 35.1 Å². The summed E-state index contributed by atoms with van der Waals surface area (Å²) in [5.41, 5.74) is 2.03. The van der Waals surface area contributed by atoms with Crippen molar-refractivity contribution in [2.75, 3.05) is 0 Å². The van der Waals surface area contributed by atoms with Gasteiger partial charge in [-0.2, -0.15) is 4.98 Å². The molecule has 4 nitrogen and oxygen atoms in total. The van der Waals surface area contributed by atoms with Crippen LogP contribution in [0.2, 0.25) is 5.02 Å². The topological polar surface area (TPSA) is 47.0 Å². The molecule has 1 N–H and O–H groups in total. The zero-order valence-electron chi connectivity index (χ0n) is 11.6. The van der Waals surface area contributed by atoms with Crippen molar-refractivity contribution in [3.8, 4) is 11.8 Å². The highest BCUT2D eigenvalue weighted by Gasteiger charge is 2.20. The monoisotopic (exact) mass is 367 g/mol. The molecule has 1 aromatic carbocycles. The van der Waals surface area contributed by atoms with Gasteiger partial charge in [0.1, 0.15) is 5.75 Å². The van der Waals surface area contributed by atoms with Gasteiger partial charge in [0.25, 0.3) is 0 Å². The van der Waals surface area contributed by atoms with Crippen LogP contribution in [0.1, 0.15) is 24.1 Å². The second-order valence-corrected chi connectivity index (χ2v) is 6.39. The second kappa shape index (κ2) is 6.30. The van der Waals surface area contributed by atoms with E-state index in [1.165, 1.54) is 12.8 Å². The summed E-state index contributed by atoms with van der Waals surface area (Å²) in [7, 11) is 0. The Hall–Kier alpha value is -1.17. The quantitative estimate of drug-likeness (QED) is 0.857. The van der Waals surface area contributed by atoms with Crippen molar-refractivity contribution in [2.45, 2.75) is 32.4 Å². The number of nitrogens with zero attached hydrogens (tertiary/aromatic N) is 2. The molecule has 3 rings (SSSR count). The van der Waals surface area contributed by atoms with E-state index < -0.39 is 0 Å². The van der Waals surface area contributed by atoms with Crippen LogP contribution in [0.5, 0.6) is 11.8 Å². The lowest BCUT2D eigenvalue weighted by Crippen LogP contribution is -2.16. The fraction of sp³-hybridized carbons (Fsp3) is 0.333. The van der Waals surface area contributed by atoms with Gasteiger partial charge in [0.05, 0.1) is 4.47 Å². The number of nitrogens with one attached hydrogen (secondary N) is 1. The molecule has 21 heavy (non-hydrogen) atoms. The molecule has 1 heterocycles. The summed E-state index contributed by atoms with van der Waals surface area (Å²) in [6.07, 6.45) is 4.36. The molecule has 1 saturated carbocycles. The third-order valence-corrected chi connectivity index (χ3v) is 4.17. The van der Waals surface area contributed by atoms with E-state index in [-0.39, 0.29) is 0 Å². The Kier molecular flexibility index (Phi) is 4.42. The third-order valence-electron chi connectivity index (χ3n) is 3.31. The first kappa shape index (κ1) is 14.8. The maximum Gasteiger partial charge on any atom is 0.322 e. The van der Waals surface area contributed by atoms with Crippen molar-refractivity contribution in [2.24, 2.45) is 0 Å². The minimum absolute atomic E-state index is 0.339. The molecule has 1 fully saturated rings. The summed E-state index contributed by atoms with van der Waals surface area (Å²) >= 11 is 9.32. The van der Waals surface area contributed by atoms with Crippen LogP contribution in [0, 0.1) is 6.92 Å². The van der Waals surface area contributed by atoms with E-state index in [9.17, 15) is 0 Å². The van der Waals surface area contributed by atoms with Crippen LogP contribution in [0.3, 0.4) is 0 Å². The van der Waals surface area contributed by atoms with Crippen molar-refractivity contribution in [1.82, 2.24) is 15.3 Å². The fourth-order valence-corrected chi connectivity index (χ4v) is 2.66. The molecule has 110 valence electrons. The Balaban J connectivity index is 1.71. The Morgan fingerprint density at radius 3 is 2.90 bits per heavy atom. The summed E-state index contributed by atoms with van der Waals surface area (Å²) in [4.78, 5) is 8.67. The van der Waals surface area contributed by atoms with Crippen LogP contribution in [0.4, 0.5) is 0 Å². The molecule has 1 aliphatic rings. The number of ether oxygens (including phenoxy) is 1. The van der Waals surface area contributed by atoms with Gasteiger partial charge in [-0.05, 0) is 53.9 Å². The summed E-state index contributed by atoms with van der Waals surface area (Å²) in [5.74, 6) is 0.641. The summed E-state index contributed by atoms with van der Waals surface area (Å²) in [6.45, 7) is 2.77. The van der Waals surface area contributed by atoms with Gasteiger partial charge in [0.15, 0.2) is 0 Å². The maximum atomic E-state index is 5.91. The first-order valence-electron chi connectivity index (χ1n) is 6.80. The standard InChI is InChI=1S/C15H15BrClN3O/c1-9-10(7-18-12-3-4-12)8-19-15(20-9)21-14-5-2-11(17)6-13(14)16/h2,5-6,8,12,18H,3-4,7H2,1H3. The number of hydrogen-bond donors (Lipinski definition) is 1. The highest BCUT2D eigenvalue weighted by atomic mass is 79.9. The zero-order chi connectivity index (χ0) is 14.8. The lowest BCUT2D eigenvalue weighted by molar-refractivity contribution is 0.436. The molecule has 1 aliphatic carbocycles. The zero-order valence-corrected chi connectivity index (χ0v) is 13.9. The molecule has 0 radical (unpaired) electrons. The fourth-order valence-electron chi connectivity index (χ4n) is 1.89. The van der Waals surface area contributed by atoms with Gasteiger partial charge in [-0.3, -0.25) is 0 Å². The van der Waals surface area contributed by atoms with E-state index in [1.54, 1.807) is 18.2 Å². The SMILES string of the molecule is Cc1nc(Oc2ccc(Cl)cc2Br)ncc1CNC1CC1. The normalized spacial score (nSPS) is 14.2. The van der Waals surface area contributed by atoms with Crippen molar-refractivity contribution >= 4 is 27.5 Å². The van der Waals surface area contributed by atoms with E-state index in [0.717, 1.165) is 22.3 Å². The summed E-state index contributed by atoms with van der Waals surface area (Å²) < 4.78 is 6.46. The summed E-state index contributed by atoms with van der Waals surface area (Å²) in [5, 5.41) is 4.10. The van der Waals surface area contributed by atoms with Gasteiger partial charge in [-0.1, -0.05) is 11.6 Å².